The molecule has 3 aromatic rings. The van der Waals surface area contributed by atoms with Crippen LogP contribution in [0.25, 0.3) is 11.0 Å². The van der Waals surface area contributed by atoms with Crippen molar-refractivity contribution >= 4 is 22.8 Å². The molecule has 0 aliphatic rings. The van der Waals surface area contributed by atoms with Crippen molar-refractivity contribution in [1.29, 1.82) is 0 Å². The summed E-state index contributed by atoms with van der Waals surface area (Å²) >= 11 is 0. The lowest BCUT2D eigenvalue weighted by Gasteiger charge is -2.18. The quantitative estimate of drug-likeness (QED) is 0.618. The molecule has 0 fully saturated rings. The number of hydrogen-bond acceptors (Lipinski definition) is 4. The summed E-state index contributed by atoms with van der Waals surface area (Å²) in [6.45, 7) is 6.15. The largest absolute Gasteiger partial charge is 0.466 e. The number of rotatable bonds is 7. The van der Waals surface area contributed by atoms with Crippen molar-refractivity contribution in [2.45, 2.75) is 39.7 Å². The van der Waals surface area contributed by atoms with E-state index in [1.54, 1.807) is 13.2 Å². The Hall–Kier alpha value is -3.08. The molecule has 3 rings (SSSR count). The number of hydrogen-bond donors (Lipinski definition) is 1. The Kier molecular flexibility index (Phi) is 6.14. The number of fused-ring (bicyclic) bond motifs is 1. The van der Waals surface area contributed by atoms with Crippen molar-refractivity contribution < 1.29 is 18.7 Å². The number of amides is 1. The highest BCUT2D eigenvalue weighted by molar-refractivity contribution is 5.88. The molecular weight excluding hydrogens is 354 g/mol. The Bertz CT molecular complexity index is 975. The van der Waals surface area contributed by atoms with Gasteiger partial charge in [-0.3, -0.25) is 9.59 Å². The van der Waals surface area contributed by atoms with Crippen LogP contribution in [0.15, 0.2) is 53.1 Å². The molecule has 5 nitrogen and oxygen atoms in total. The van der Waals surface area contributed by atoms with Gasteiger partial charge in [-0.1, -0.05) is 30.3 Å². The van der Waals surface area contributed by atoms with Gasteiger partial charge in [0.2, 0.25) is 5.91 Å². The van der Waals surface area contributed by atoms with E-state index in [0.29, 0.717) is 6.61 Å². The van der Waals surface area contributed by atoms with Gasteiger partial charge in [-0.25, -0.2) is 0 Å². The Morgan fingerprint density at radius 3 is 2.54 bits per heavy atom. The van der Waals surface area contributed by atoms with Gasteiger partial charge in [0, 0.05) is 10.9 Å². The maximum atomic E-state index is 12.7. The molecule has 0 saturated carbocycles. The lowest BCUT2D eigenvalue weighted by atomic mass is 10.0. The van der Waals surface area contributed by atoms with Gasteiger partial charge in [-0.2, -0.15) is 0 Å². The summed E-state index contributed by atoms with van der Waals surface area (Å²) in [6.07, 6.45) is 1.90. The van der Waals surface area contributed by atoms with E-state index in [2.05, 4.69) is 5.32 Å². The summed E-state index contributed by atoms with van der Waals surface area (Å²) in [5, 5.41) is 3.91. The predicted octanol–water partition coefficient (Wildman–Crippen LogP) is 4.40. The third-order valence-corrected chi connectivity index (χ3v) is 4.83. The predicted molar refractivity (Wildman–Crippen MR) is 108 cm³/mol. The van der Waals surface area contributed by atoms with E-state index in [0.717, 1.165) is 33.2 Å². The van der Waals surface area contributed by atoms with E-state index in [9.17, 15) is 9.59 Å². The number of carbonyl (C=O) groups is 2. The molecule has 2 aromatic carbocycles. The van der Waals surface area contributed by atoms with E-state index in [1.807, 2.05) is 56.3 Å². The summed E-state index contributed by atoms with van der Waals surface area (Å²) in [5.41, 5.74) is 4.78. The zero-order valence-electron chi connectivity index (χ0n) is 16.5. The number of furan rings is 1. The maximum absolute atomic E-state index is 12.7. The van der Waals surface area contributed by atoms with Gasteiger partial charge in [0.15, 0.2) is 0 Å². The second-order valence-electron chi connectivity index (χ2n) is 6.91. The Morgan fingerprint density at radius 2 is 1.82 bits per heavy atom. The molecular formula is C23H25NO4. The number of carbonyl (C=O) groups excluding carboxylic acids is 2. The normalized spacial score (nSPS) is 12.0. The van der Waals surface area contributed by atoms with Gasteiger partial charge in [0.1, 0.15) is 5.58 Å². The molecule has 1 atom stereocenters. The van der Waals surface area contributed by atoms with Crippen LogP contribution in [0, 0.1) is 13.8 Å². The molecule has 146 valence electrons. The first-order valence-corrected chi connectivity index (χ1v) is 9.45. The van der Waals surface area contributed by atoms with Crippen molar-refractivity contribution in [2.24, 2.45) is 0 Å². The van der Waals surface area contributed by atoms with Gasteiger partial charge in [-0.05, 0) is 49.6 Å². The third kappa shape index (κ3) is 4.60. The molecule has 5 heteroatoms. The Balaban J connectivity index is 1.77. The zero-order valence-corrected chi connectivity index (χ0v) is 16.5. The maximum Gasteiger partial charge on any atom is 0.308 e. The van der Waals surface area contributed by atoms with E-state index >= 15 is 0 Å². The fourth-order valence-corrected chi connectivity index (χ4v) is 3.22. The van der Waals surface area contributed by atoms with E-state index < -0.39 is 6.04 Å². The monoisotopic (exact) mass is 379 g/mol. The summed E-state index contributed by atoms with van der Waals surface area (Å²) in [7, 11) is 0. The fourth-order valence-electron chi connectivity index (χ4n) is 3.22. The van der Waals surface area contributed by atoms with Crippen LogP contribution in [-0.4, -0.2) is 18.5 Å². The van der Waals surface area contributed by atoms with Crippen molar-refractivity contribution in [2.75, 3.05) is 6.61 Å². The van der Waals surface area contributed by atoms with E-state index in [1.165, 1.54) is 0 Å². The van der Waals surface area contributed by atoms with Crippen molar-refractivity contribution in [3.8, 4) is 0 Å². The summed E-state index contributed by atoms with van der Waals surface area (Å²) < 4.78 is 10.7. The topological polar surface area (TPSA) is 68.5 Å². The third-order valence-electron chi connectivity index (χ3n) is 4.83. The lowest BCUT2D eigenvalue weighted by Crippen LogP contribution is -2.31. The van der Waals surface area contributed by atoms with Crippen LogP contribution in [0.1, 0.15) is 41.6 Å². The van der Waals surface area contributed by atoms with Gasteiger partial charge in [0.05, 0.1) is 31.8 Å². The second kappa shape index (κ2) is 8.74. The van der Waals surface area contributed by atoms with Crippen LogP contribution in [0.3, 0.4) is 0 Å². The first-order chi connectivity index (χ1) is 13.5. The van der Waals surface area contributed by atoms with Crippen molar-refractivity contribution in [3.63, 3.8) is 0 Å². The lowest BCUT2D eigenvalue weighted by molar-refractivity contribution is -0.143. The number of ether oxygens (including phenoxy) is 1. The molecule has 1 heterocycles. The molecule has 0 bridgehead atoms. The standard InChI is InChI=1S/C23H25NO4/c1-4-27-23(26)13-20(17-8-6-5-7-9-17)24-22(25)12-18-14-28-21-11-16(3)15(2)10-19(18)21/h5-11,14,20H,4,12-13H2,1-3H3,(H,24,25). The molecule has 0 aliphatic heterocycles. The summed E-state index contributed by atoms with van der Waals surface area (Å²) in [4.78, 5) is 24.7. The molecule has 0 radical (unpaired) electrons. The summed E-state index contributed by atoms with van der Waals surface area (Å²) in [6, 6.07) is 13.0. The first-order valence-electron chi connectivity index (χ1n) is 9.45. The minimum atomic E-state index is -0.435. The molecule has 0 aliphatic carbocycles. The zero-order chi connectivity index (χ0) is 20.1. The van der Waals surface area contributed by atoms with Crippen LogP contribution in [-0.2, 0) is 20.7 Å². The minimum absolute atomic E-state index is 0.0913. The average Bonchev–Trinajstić information content (AvgIpc) is 3.04. The molecule has 1 amide bonds. The van der Waals surface area contributed by atoms with Gasteiger partial charge < -0.3 is 14.5 Å². The van der Waals surface area contributed by atoms with Crippen molar-refractivity contribution in [3.05, 3.63) is 71.0 Å². The van der Waals surface area contributed by atoms with Crippen molar-refractivity contribution in [1.82, 2.24) is 5.32 Å². The number of aryl methyl sites for hydroxylation is 2. The highest BCUT2D eigenvalue weighted by Crippen LogP contribution is 2.25. The number of benzene rings is 2. The fraction of sp³-hybridized carbons (Fsp3) is 0.304. The SMILES string of the molecule is CCOC(=O)CC(NC(=O)Cc1coc2cc(C)c(C)cc12)c1ccccc1. The minimum Gasteiger partial charge on any atom is -0.466 e. The number of esters is 1. The van der Waals surface area contributed by atoms with Crippen LogP contribution >= 0.6 is 0 Å². The summed E-state index contributed by atoms with van der Waals surface area (Å²) in [5.74, 6) is -0.504. The highest BCUT2D eigenvalue weighted by Gasteiger charge is 2.20. The van der Waals surface area contributed by atoms with Gasteiger partial charge >= 0.3 is 5.97 Å². The smallest absolute Gasteiger partial charge is 0.308 e. The van der Waals surface area contributed by atoms with Crippen LogP contribution in [0.5, 0.6) is 0 Å². The molecule has 1 unspecified atom stereocenters. The number of nitrogens with one attached hydrogen (secondary N) is 1. The Morgan fingerprint density at radius 1 is 1.11 bits per heavy atom. The average molecular weight is 379 g/mol. The first kappa shape index (κ1) is 19.7. The highest BCUT2D eigenvalue weighted by atomic mass is 16.5. The molecule has 0 spiro atoms. The van der Waals surface area contributed by atoms with Gasteiger partial charge in [-0.15, -0.1) is 0 Å². The van der Waals surface area contributed by atoms with Crippen LogP contribution in [0.2, 0.25) is 0 Å². The van der Waals surface area contributed by atoms with Crippen LogP contribution < -0.4 is 5.32 Å². The molecule has 28 heavy (non-hydrogen) atoms. The van der Waals surface area contributed by atoms with Gasteiger partial charge in [0.25, 0.3) is 0 Å². The van der Waals surface area contributed by atoms with E-state index in [-0.39, 0.29) is 24.7 Å². The molecule has 0 saturated heterocycles. The molecule has 1 aromatic heterocycles. The van der Waals surface area contributed by atoms with E-state index in [4.69, 9.17) is 9.15 Å². The van der Waals surface area contributed by atoms with Crippen LogP contribution in [0.4, 0.5) is 0 Å². The Labute approximate surface area is 164 Å². The second-order valence-corrected chi connectivity index (χ2v) is 6.91. The molecule has 1 N–H and O–H groups in total.